The zero-order valence-electron chi connectivity index (χ0n) is 9.85. The van der Waals surface area contributed by atoms with Crippen molar-refractivity contribution < 1.29 is 13.2 Å². The van der Waals surface area contributed by atoms with Crippen molar-refractivity contribution >= 4 is 16.1 Å². The summed E-state index contributed by atoms with van der Waals surface area (Å²) in [4.78, 5) is 15.4. The first-order valence-electron chi connectivity index (χ1n) is 5.35. The van der Waals surface area contributed by atoms with Crippen LogP contribution >= 0.6 is 0 Å². The summed E-state index contributed by atoms with van der Waals surface area (Å²) in [6.45, 7) is 0.195. The van der Waals surface area contributed by atoms with Crippen LogP contribution in [0.5, 0.6) is 0 Å². The Morgan fingerprint density at radius 2 is 2.21 bits per heavy atom. The van der Waals surface area contributed by atoms with E-state index in [0.29, 0.717) is 5.56 Å². The van der Waals surface area contributed by atoms with E-state index in [9.17, 15) is 13.2 Å². The van der Waals surface area contributed by atoms with Gasteiger partial charge in [-0.05, 0) is 17.7 Å². The van der Waals surface area contributed by atoms with Crippen LogP contribution in [-0.4, -0.2) is 24.0 Å². The van der Waals surface area contributed by atoms with E-state index in [1.807, 2.05) is 0 Å². The Morgan fingerprint density at radius 3 is 2.84 bits per heavy atom. The summed E-state index contributed by atoms with van der Waals surface area (Å²) in [5.74, 6) is 0. The largest absolute Gasteiger partial charge is 0.333 e. The highest BCUT2D eigenvalue weighted by Crippen LogP contribution is 2.09. The normalized spacial score (nSPS) is 11.2. The van der Waals surface area contributed by atoms with Crippen LogP contribution in [0.15, 0.2) is 47.9 Å². The van der Waals surface area contributed by atoms with E-state index in [0.717, 1.165) is 0 Å². The first-order valence-corrected chi connectivity index (χ1v) is 6.89. The smallest absolute Gasteiger partial charge is 0.327 e. The number of amides is 1. The highest BCUT2D eigenvalue weighted by molar-refractivity contribution is 7.89. The average molecular weight is 280 g/mol. The maximum atomic E-state index is 11.6. The number of hydrogen-bond acceptors (Lipinski definition) is 4. The van der Waals surface area contributed by atoms with E-state index in [2.05, 4.69) is 10.3 Å². The lowest BCUT2D eigenvalue weighted by molar-refractivity contribution is 0.242. The lowest BCUT2D eigenvalue weighted by Gasteiger charge is -2.06. The molecule has 100 valence electrons. The number of primary sulfonamides is 1. The molecule has 1 heterocycles. The second-order valence-corrected chi connectivity index (χ2v) is 5.38. The lowest BCUT2D eigenvalue weighted by atomic mass is 10.2. The number of imidazole rings is 1. The van der Waals surface area contributed by atoms with Gasteiger partial charge in [0.15, 0.2) is 0 Å². The van der Waals surface area contributed by atoms with Gasteiger partial charge < -0.3 is 5.32 Å². The molecule has 1 aromatic heterocycles. The van der Waals surface area contributed by atoms with Crippen molar-refractivity contribution in [1.29, 1.82) is 0 Å². The van der Waals surface area contributed by atoms with E-state index in [1.54, 1.807) is 12.1 Å². The number of aromatic nitrogens is 2. The first kappa shape index (κ1) is 13.2. The number of nitrogens with two attached hydrogens (primary N) is 1. The van der Waals surface area contributed by atoms with Crippen LogP contribution in [0.4, 0.5) is 4.79 Å². The van der Waals surface area contributed by atoms with E-state index >= 15 is 0 Å². The van der Waals surface area contributed by atoms with Crippen LogP contribution in [0.3, 0.4) is 0 Å². The molecule has 0 saturated carbocycles. The van der Waals surface area contributed by atoms with Gasteiger partial charge in [-0.3, -0.25) is 4.57 Å². The minimum Gasteiger partial charge on any atom is -0.333 e. The maximum Gasteiger partial charge on any atom is 0.327 e. The molecule has 1 aromatic carbocycles. The summed E-state index contributed by atoms with van der Waals surface area (Å²) in [5.41, 5.74) is 0.639. The van der Waals surface area contributed by atoms with Gasteiger partial charge in [0.25, 0.3) is 0 Å². The van der Waals surface area contributed by atoms with Crippen molar-refractivity contribution in [3.63, 3.8) is 0 Å². The molecular formula is C11H12N4O3S. The van der Waals surface area contributed by atoms with E-state index < -0.39 is 10.0 Å². The minimum absolute atomic E-state index is 0.0156. The number of nitrogens with one attached hydrogen (secondary N) is 1. The van der Waals surface area contributed by atoms with Gasteiger partial charge in [-0.1, -0.05) is 12.1 Å². The summed E-state index contributed by atoms with van der Waals surface area (Å²) in [6.07, 6.45) is 4.37. The predicted molar refractivity (Wildman–Crippen MR) is 67.7 cm³/mol. The molecule has 0 unspecified atom stereocenters. The fourth-order valence-corrected chi connectivity index (χ4v) is 2.06. The Morgan fingerprint density at radius 1 is 1.42 bits per heavy atom. The van der Waals surface area contributed by atoms with Gasteiger partial charge in [0.2, 0.25) is 10.0 Å². The van der Waals surface area contributed by atoms with Crippen LogP contribution in [0.25, 0.3) is 0 Å². The summed E-state index contributed by atoms with van der Waals surface area (Å²) in [5, 5.41) is 7.66. The monoisotopic (exact) mass is 280 g/mol. The number of sulfonamides is 1. The van der Waals surface area contributed by atoms with E-state index in [4.69, 9.17) is 5.14 Å². The number of nitrogens with zero attached hydrogens (tertiary/aromatic N) is 2. The van der Waals surface area contributed by atoms with E-state index in [-0.39, 0.29) is 17.5 Å². The molecule has 0 spiro atoms. The molecule has 7 nitrogen and oxygen atoms in total. The molecule has 0 aliphatic carbocycles. The van der Waals surface area contributed by atoms with Crippen LogP contribution in [0.1, 0.15) is 5.56 Å². The molecule has 3 N–H and O–H groups in total. The average Bonchev–Trinajstić information content (AvgIpc) is 2.89. The number of rotatable bonds is 3. The van der Waals surface area contributed by atoms with Crippen molar-refractivity contribution in [2.75, 3.05) is 0 Å². The SMILES string of the molecule is NS(=O)(=O)c1cccc(CNC(=O)n2ccnc2)c1. The molecule has 2 rings (SSSR count). The van der Waals surface area contributed by atoms with Gasteiger partial charge >= 0.3 is 6.03 Å². The topological polar surface area (TPSA) is 107 Å². The second-order valence-electron chi connectivity index (χ2n) is 3.82. The third-order valence-corrected chi connectivity index (χ3v) is 3.32. The molecule has 0 saturated heterocycles. The van der Waals surface area contributed by atoms with Gasteiger partial charge in [0.05, 0.1) is 4.90 Å². The van der Waals surface area contributed by atoms with Crippen molar-refractivity contribution in [3.8, 4) is 0 Å². The van der Waals surface area contributed by atoms with Gasteiger partial charge in [-0.2, -0.15) is 0 Å². The molecule has 1 amide bonds. The minimum atomic E-state index is -3.74. The highest BCUT2D eigenvalue weighted by Gasteiger charge is 2.08. The van der Waals surface area contributed by atoms with Crippen LogP contribution in [-0.2, 0) is 16.6 Å². The quantitative estimate of drug-likeness (QED) is 0.842. The van der Waals surface area contributed by atoms with Gasteiger partial charge in [0, 0.05) is 18.9 Å². The lowest BCUT2D eigenvalue weighted by Crippen LogP contribution is -2.27. The van der Waals surface area contributed by atoms with E-state index in [1.165, 1.54) is 35.4 Å². The van der Waals surface area contributed by atoms with Gasteiger partial charge in [-0.25, -0.2) is 23.3 Å². The third kappa shape index (κ3) is 3.39. The number of carbonyl (C=O) groups is 1. The molecule has 0 atom stereocenters. The number of carbonyl (C=O) groups excluding carboxylic acids is 1. The second kappa shape index (κ2) is 5.21. The molecule has 0 radical (unpaired) electrons. The summed E-state index contributed by atoms with van der Waals surface area (Å²) in [7, 11) is -3.74. The van der Waals surface area contributed by atoms with Crippen molar-refractivity contribution in [2.24, 2.45) is 5.14 Å². The first-order chi connectivity index (χ1) is 8.97. The summed E-state index contributed by atoms with van der Waals surface area (Å²) >= 11 is 0. The fourth-order valence-electron chi connectivity index (χ4n) is 1.48. The summed E-state index contributed by atoms with van der Waals surface area (Å²) in [6, 6.07) is 5.74. The Hall–Kier alpha value is -2.19. The Bertz CT molecular complexity index is 680. The zero-order chi connectivity index (χ0) is 13.9. The predicted octanol–water partition coefficient (Wildman–Crippen LogP) is 0.288. The molecule has 0 bridgehead atoms. The standard InChI is InChI=1S/C11H12N4O3S/c12-19(17,18)10-3-1-2-9(6-10)7-14-11(16)15-5-4-13-8-15/h1-6,8H,7H2,(H,14,16)(H2,12,17,18). The van der Waals surface area contributed by atoms with Crippen LogP contribution in [0.2, 0.25) is 0 Å². The maximum absolute atomic E-state index is 11.6. The molecule has 0 fully saturated rings. The van der Waals surface area contributed by atoms with Crippen molar-refractivity contribution in [1.82, 2.24) is 14.9 Å². The van der Waals surface area contributed by atoms with Crippen LogP contribution in [0, 0.1) is 0 Å². The van der Waals surface area contributed by atoms with Crippen LogP contribution < -0.4 is 10.5 Å². The zero-order valence-corrected chi connectivity index (χ0v) is 10.7. The number of hydrogen-bond donors (Lipinski definition) is 2. The Labute approximate surface area is 110 Å². The number of benzene rings is 1. The van der Waals surface area contributed by atoms with Gasteiger partial charge in [-0.15, -0.1) is 0 Å². The van der Waals surface area contributed by atoms with Crippen molar-refractivity contribution in [3.05, 3.63) is 48.5 Å². The molecule has 2 aromatic rings. The van der Waals surface area contributed by atoms with Crippen molar-refractivity contribution in [2.45, 2.75) is 11.4 Å². The molecule has 19 heavy (non-hydrogen) atoms. The molecular weight excluding hydrogens is 268 g/mol. The molecule has 0 aliphatic rings. The third-order valence-electron chi connectivity index (χ3n) is 2.41. The highest BCUT2D eigenvalue weighted by atomic mass is 32.2. The van der Waals surface area contributed by atoms with Gasteiger partial charge in [0.1, 0.15) is 6.33 Å². The molecule has 8 heteroatoms. The molecule has 0 aliphatic heterocycles. The fraction of sp³-hybridized carbons (Fsp3) is 0.0909. The summed E-state index contributed by atoms with van der Waals surface area (Å²) < 4.78 is 23.7. The Balaban J connectivity index is 2.06. The Kier molecular flexibility index (Phi) is 3.63.